The molecule has 33 heavy (non-hydrogen) atoms. The molecule has 1 aliphatic heterocycles. The molecule has 1 saturated heterocycles. The Labute approximate surface area is 193 Å². The Kier molecular flexibility index (Phi) is 6.96. The van der Waals surface area contributed by atoms with E-state index >= 15 is 0 Å². The minimum absolute atomic E-state index is 0.0142. The van der Waals surface area contributed by atoms with Crippen molar-refractivity contribution in [2.24, 2.45) is 0 Å². The molecule has 0 radical (unpaired) electrons. The third kappa shape index (κ3) is 5.35. The number of hydrogen-bond acceptors (Lipinski definition) is 7. The van der Waals surface area contributed by atoms with Crippen LogP contribution < -0.4 is 5.32 Å². The SMILES string of the molecule is COC(=O)c1ccc(-c2ccnc(Nc3ccc(C(C)N4CCN(C)CC4)c(F)c3)n2)cc1. The molecule has 1 unspecified atom stereocenters. The first-order valence-corrected chi connectivity index (χ1v) is 11.0. The van der Waals surface area contributed by atoms with Crippen LogP contribution in [-0.2, 0) is 4.74 Å². The van der Waals surface area contributed by atoms with Crippen LogP contribution in [0, 0.1) is 5.82 Å². The molecular weight excluding hydrogens is 421 g/mol. The second kappa shape index (κ2) is 10.1. The fourth-order valence-corrected chi connectivity index (χ4v) is 3.95. The summed E-state index contributed by atoms with van der Waals surface area (Å²) < 4.78 is 19.7. The Balaban J connectivity index is 1.47. The van der Waals surface area contributed by atoms with Crippen LogP contribution in [0.3, 0.4) is 0 Å². The lowest BCUT2D eigenvalue weighted by atomic mass is 10.0. The molecule has 8 heteroatoms. The first-order valence-electron chi connectivity index (χ1n) is 11.0. The number of esters is 1. The lowest BCUT2D eigenvalue weighted by Crippen LogP contribution is -2.45. The van der Waals surface area contributed by atoms with E-state index in [1.54, 1.807) is 36.5 Å². The van der Waals surface area contributed by atoms with Gasteiger partial charge in [0.15, 0.2) is 0 Å². The number of benzene rings is 2. The van der Waals surface area contributed by atoms with Gasteiger partial charge in [-0.2, -0.15) is 0 Å². The molecule has 0 bridgehead atoms. The molecule has 1 fully saturated rings. The van der Waals surface area contributed by atoms with Crippen molar-refractivity contribution in [3.63, 3.8) is 0 Å². The van der Waals surface area contributed by atoms with Gasteiger partial charge in [0.05, 0.1) is 18.4 Å². The van der Waals surface area contributed by atoms with Crippen molar-refractivity contribution in [2.75, 3.05) is 45.7 Å². The van der Waals surface area contributed by atoms with Crippen LogP contribution >= 0.6 is 0 Å². The fourth-order valence-electron chi connectivity index (χ4n) is 3.95. The lowest BCUT2D eigenvalue weighted by molar-refractivity contribution is 0.0600. The van der Waals surface area contributed by atoms with Crippen molar-refractivity contribution in [3.05, 3.63) is 71.7 Å². The van der Waals surface area contributed by atoms with Crippen LogP contribution in [0.15, 0.2) is 54.7 Å². The number of ether oxygens (including phenoxy) is 1. The lowest BCUT2D eigenvalue weighted by Gasteiger charge is -2.36. The first-order chi connectivity index (χ1) is 15.9. The molecule has 1 N–H and O–H groups in total. The summed E-state index contributed by atoms with van der Waals surface area (Å²) in [5, 5.41) is 3.09. The molecular formula is C25H28FN5O2. The monoisotopic (exact) mass is 449 g/mol. The third-order valence-electron chi connectivity index (χ3n) is 6.05. The number of likely N-dealkylation sites (N-methyl/N-ethyl adjacent to an activating group) is 1. The molecule has 0 saturated carbocycles. The summed E-state index contributed by atoms with van der Waals surface area (Å²) in [6.45, 7) is 5.89. The third-order valence-corrected chi connectivity index (χ3v) is 6.05. The van der Waals surface area contributed by atoms with Crippen LogP contribution in [0.1, 0.15) is 28.9 Å². The van der Waals surface area contributed by atoms with Gasteiger partial charge in [-0.15, -0.1) is 0 Å². The molecule has 7 nitrogen and oxygen atoms in total. The summed E-state index contributed by atoms with van der Waals surface area (Å²) in [7, 11) is 3.46. The van der Waals surface area contributed by atoms with Gasteiger partial charge in [0.25, 0.3) is 0 Å². The molecule has 3 aromatic rings. The van der Waals surface area contributed by atoms with Crippen molar-refractivity contribution < 1.29 is 13.9 Å². The van der Waals surface area contributed by atoms with Gasteiger partial charge in [0.1, 0.15) is 5.82 Å². The van der Waals surface area contributed by atoms with E-state index < -0.39 is 0 Å². The van der Waals surface area contributed by atoms with Crippen LogP contribution in [-0.4, -0.2) is 66.1 Å². The number of carbonyl (C=O) groups excluding carboxylic acids is 1. The van der Waals surface area contributed by atoms with Gasteiger partial charge in [-0.25, -0.2) is 19.2 Å². The molecule has 172 valence electrons. The van der Waals surface area contributed by atoms with E-state index in [1.807, 2.05) is 12.1 Å². The molecule has 2 aromatic carbocycles. The molecule has 4 rings (SSSR count). The largest absolute Gasteiger partial charge is 0.465 e. The minimum Gasteiger partial charge on any atom is -0.465 e. The highest BCUT2D eigenvalue weighted by Crippen LogP contribution is 2.27. The summed E-state index contributed by atoms with van der Waals surface area (Å²) in [6, 6.07) is 13.9. The molecule has 1 aromatic heterocycles. The van der Waals surface area contributed by atoms with E-state index in [-0.39, 0.29) is 17.8 Å². The van der Waals surface area contributed by atoms with Crippen molar-refractivity contribution in [1.82, 2.24) is 19.8 Å². The fraction of sp³-hybridized carbons (Fsp3) is 0.320. The van der Waals surface area contributed by atoms with Gasteiger partial charge in [-0.05, 0) is 44.3 Å². The van der Waals surface area contributed by atoms with Crippen molar-refractivity contribution in [3.8, 4) is 11.3 Å². The molecule has 0 aliphatic carbocycles. The zero-order valence-corrected chi connectivity index (χ0v) is 19.1. The number of carbonyl (C=O) groups is 1. The summed E-state index contributed by atoms with van der Waals surface area (Å²) in [6.07, 6.45) is 1.64. The predicted molar refractivity (Wildman–Crippen MR) is 126 cm³/mol. The van der Waals surface area contributed by atoms with E-state index in [1.165, 1.54) is 13.2 Å². The zero-order chi connectivity index (χ0) is 23.4. The van der Waals surface area contributed by atoms with Crippen LogP contribution in [0.25, 0.3) is 11.3 Å². The summed E-state index contributed by atoms with van der Waals surface area (Å²) in [4.78, 5) is 25.0. The minimum atomic E-state index is -0.390. The van der Waals surface area contributed by atoms with Crippen molar-refractivity contribution >= 4 is 17.6 Å². The maximum absolute atomic E-state index is 15.0. The standard InChI is InChI=1S/C25H28FN5O2/c1-17(31-14-12-30(2)13-15-31)21-9-8-20(16-22(21)26)28-25-27-11-10-23(29-25)18-4-6-19(7-5-18)24(32)33-3/h4-11,16-17H,12-15H2,1-3H3,(H,27,28,29). The Morgan fingerprint density at radius 1 is 1.09 bits per heavy atom. The number of anilines is 2. The van der Waals surface area contributed by atoms with Crippen molar-refractivity contribution in [2.45, 2.75) is 13.0 Å². The maximum Gasteiger partial charge on any atom is 0.337 e. The van der Waals surface area contributed by atoms with E-state index in [2.05, 4.69) is 39.1 Å². The Bertz CT molecular complexity index is 1110. The quantitative estimate of drug-likeness (QED) is 0.568. The van der Waals surface area contributed by atoms with Gasteiger partial charge in [0, 0.05) is 55.2 Å². The van der Waals surface area contributed by atoms with Crippen LogP contribution in [0.2, 0.25) is 0 Å². The number of rotatable bonds is 6. The van der Waals surface area contributed by atoms with Gasteiger partial charge >= 0.3 is 5.97 Å². The normalized spacial score (nSPS) is 15.8. The van der Waals surface area contributed by atoms with Crippen LogP contribution in [0.5, 0.6) is 0 Å². The topological polar surface area (TPSA) is 70.6 Å². The second-order valence-electron chi connectivity index (χ2n) is 8.21. The molecule has 0 spiro atoms. The maximum atomic E-state index is 15.0. The number of nitrogens with one attached hydrogen (secondary N) is 1. The van der Waals surface area contributed by atoms with Gasteiger partial charge in [-0.1, -0.05) is 18.2 Å². The second-order valence-corrected chi connectivity index (χ2v) is 8.21. The Hall–Kier alpha value is -3.36. The molecule has 1 atom stereocenters. The number of nitrogens with zero attached hydrogens (tertiary/aromatic N) is 4. The van der Waals surface area contributed by atoms with E-state index in [4.69, 9.17) is 4.74 Å². The number of halogens is 1. The molecule has 0 amide bonds. The summed E-state index contributed by atoms with van der Waals surface area (Å²) in [5.74, 6) is -0.274. The highest BCUT2D eigenvalue weighted by molar-refractivity contribution is 5.89. The Morgan fingerprint density at radius 3 is 2.48 bits per heavy atom. The number of aromatic nitrogens is 2. The number of hydrogen-bond donors (Lipinski definition) is 1. The first kappa shape index (κ1) is 22.8. The predicted octanol–water partition coefficient (Wildman–Crippen LogP) is 4.12. The zero-order valence-electron chi connectivity index (χ0n) is 19.1. The highest BCUT2D eigenvalue weighted by atomic mass is 19.1. The van der Waals surface area contributed by atoms with Gasteiger partial charge in [0.2, 0.25) is 5.95 Å². The van der Waals surface area contributed by atoms with Crippen LogP contribution in [0.4, 0.5) is 16.0 Å². The average Bonchev–Trinajstić information content (AvgIpc) is 2.84. The van der Waals surface area contributed by atoms with Gasteiger partial charge in [-0.3, -0.25) is 4.90 Å². The summed E-state index contributed by atoms with van der Waals surface area (Å²) >= 11 is 0. The highest BCUT2D eigenvalue weighted by Gasteiger charge is 2.22. The number of methoxy groups -OCH3 is 1. The summed E-state index contributed by atoms with van der Waals surface area (Å²) in [5.41, 5.74) is 3.25. The van der Waals surface area contributed by atoms with Crippen molar-refractivity contribution in [1.29, 1.82) is 0 Å². The average molecular weight is 450 g/mol. The molecule has 1 aliphatic rings. The van der Waals surface area contributed by atoms with E-state index in [9.17, 15) is 9.18 Å². The smallest absolute Gasteiger partial charge is 0.337 e. The van der Waals surface area contributed by atoms with Gasteiger partial charge < -0.3 is 15.0 Å². The number of piperazine rings is 1. The van der Waals surface area contributed by atoms with E-state index in [0.717, 1.165) is 31.7 Å². The molecule has 2 heterocycles. The van der Waals surface area contributed by atoms with E-state index in [0.29, 0.717) is 28.5 Å². The Morgan fingerprint density at radius 2 is 1.82 bits per heavy atom.